The summed E-state index contributed by atoms with van der Waals surface area (Å²) in [6.45, 7) is 2.57. The summed E-state index contributed by atoms with van der Waals surface area (Å²) < 4.78 is 0.707. The average molecular weight is 306 g/mol. The molecule has 0 aromatic carbocycles. The van der Waals surface area contributed by atoms with E-state index in [-0.39, 0.29) is 11.3 Å². The SMILES string of the molecule is CC(Cl)CCCNC(=O)c1ncccc1Br. The number of halogens is 2. The summed E-state index contributed by atoms with van der Waals surface area (Å²) in [5.41, 5.74) is 0.418. The van der Waals surface area contributed by atoms with Crippen LogP contribution in [-0.4, -0.2) is 22.8 Å². The molecule has 0 bridgehead atoms. The molecule has 0 aliphatic heterocycles. The van der Waals surface area contributed by atoms with Crippen molar-refractivity contribution in [2.75, 3.05) is 6.54 Å². The van der Waals surface area contributed by atoms with Crippen LogP contribution >= 0.6 is 27.5 Å². The van der Waals surface area contributed by atoms with Gasteiger partial charge in [0.1, 0.15) is 5.69 Å². The summed E-state index contributed by atoms with van der Waals surface area (Å²) in [6, 6.07) is 3.57. The number of amides is 1. The Labute approximate surface area is 109 Å². The van der Waals surface area contributed by atoms with Gasteiger partial charge in [-0.15, -0.1) is 11.6 Å². The van der Waals surface area contributed by atoms with Crippen molar-refractivity contribution in [2.24, 2.45) is 0 Å². The van der Waals surface area contributed by atoms with Crippen molar-refractivity contribution < 1.29 is 4.79 Å². The number of hydrogen-bond donors (Lipinski definition) is 1. The molecule has 1 aromatic heterocycles. The van der Waals surface area contributed by atoms with Crippen LogP contribution in [0.25, 0.3) is 0 Å². The summed E-state index contributed by atoms with van der Waals surface area (Å²) in [4.78, 5) is 15.7. The first-order chi connectivity index (χ1) is 7.61. The third-order valence-corrected chi connectivity index (χ3v) is 2.90. The van der Waals surface area contributed by atoms with Gasteiger partial charge in [0.05, 0.1) is 0 Å². The van der Waals surface area contributed by atoms with E-state index in [1.54, 1.807) is 18.3 Å². The van der Waals surface area contributed by atoms with Gasteiger partial charge in [0, 0.05) is 22.6 Å². The number of pyridine rings is 1. The molecule has 0 saturated heterocycles. The van der Waals surface area contributed by atoms with Crippen LogP contribution in [0.5, 0.6) is 0 Å². The highest BCUT2D eigenvalue weighted by atomic mass is 79.9. The number of nitrogens with one attached hydrogen (secondary N) is 1. The molecule has 0 fully saturated rings. The van der Waals surface area contributed by atoms with E-state index in [9.17, 15) is 4.79 Å². The van der Waals surface area contributed by atoms with Gasteiger partial charge in [-0.2, -0.15) is 0 Å². The zero-order valence-electron chi connectivity index (χ0n) is 9.04. The molecule has 1 heterocycles. The quantitative estimate of drug-likeness (QED) is 0.671. The Bertz CT molecular complexity index is 358. The second kappa shape index (κ2) is 6.86. The summed E-state index contributed by atoms with van der Waals surface area (Å²) in [7, 11) is 0. The zero-order chi connectivity index (χ0) is 12.0. The fraction of sp³-hybridized carbons (Fsp3) is 0.455. The van der Waals surface area contributed by atoms with Gasteiger partial charge in [-0.05, 0) is 47.8 Å². The lowest BCUT2D eigenvalue weighted by molar-refractivity contribution is 0.0947. The van der Waals surface area contributed by atoms with Crippen molar-refractivity contribution in [1.29, 1.82) is 0 Å². The van der Waals surface area contributed by atoms with Gasteiger partial charge in [-0.3, -0.25) is 4.79 Å². The van der Waals surface area contributed by atoms with E-state index in [0.717, 1.165) is 12.8 Å². The highest BCUT2D eigenvalue weighted by Crippen LogP contribution is 2.12. The summed E-state index contributed by atoms with van der Waals surface area (Å²) in [6.07, 6.45) is 3.37. The fourth-order valence-electron chi connectivity index (χ4n) is 1.22. The Balaban J connectivity index is 2.39. The number of alkyl halides is 1. The molecule has 1 atom stereocenters. The lowest BCUT2D eigenvalue weighted by atomic mass is 10.2. The monoisotopic (exact) mass is 304 g/mol. The minimum Gasteiger partial charge on any atom is -0.351 e. The van der Waals surface area contributed by atoms with E-state index in [1.165, 1.54) is 0 Å². The third kappa shape index (κ3) is 4.49. The van der Waals surface area contributed by atoms with Crippen LogP contribution in [0.2, 0.25) is 0 Å². The van der Waals surface area contributed by atoms with Gasteiger partial charge in [0.25, 0.3) is 5.91 Å². The van der Waals surface area contributed by atoms with Crippen LogP contribution in [0.3, 0.4) is 0 Å². The number of hydrogen-bond acceptors (Lipinski definition) is 2. The first kappa shape index (κ1) is 13.5. The zero-order valence-corrected chi connectivity index (χ0v) is 11.4. The number of rotatable bonds is 5. The molecular formula is C11H14BrClN2O. The van der Waals surface area contributed by atoms with E-state index in [4.69, 9.17) is 11.6 Å². The maximum atomic E-state index is 11.7. The molecule has 0 radical (unpaired) electrons. The van der Waals surface area contributed by atoms with Crippen molar-refractivity contribution in [3.05, 3.63) is 28.5 Å². The van der Waals surface area contributed by atoms with E-state index in [2.05, 4.69) is 26.2 Å². The number of carbonyl (C=O) groups excluding carboxylic acids is 1. The summed E-state index contributed by atoms with van der Waals surface area (Å²) in [5, 5.41) is 2.96. The lowest BCUT2D eigenvalue weighted by Gasteiger charge is -2.06. The van der Waals surface area contributed by atoms with Gasteiger partial charge in [-0.1, -0.05) is 0 Å². The molecule has 5 heteroatoms. The van der Waals surface area contributed by atoms with Gasteiger partial charge in [-0.25, -0.2) is 4.98 Å². The van der Waals surface area contributed by atoms with Crippen molar-refractivity contribution in [3.8, 4) is 0 Å². The fourth-order valence-corrected chi connectivity index (χ4v) is 1.81. The molecule has 0 aliphatic rings. The molecule has 0 saturated carbocycles. The normalized spacial score (nSPS) is 12.2. The standard InChI is InChI=1S/C11H14BrClN2O/c1-8(13)4-2-7-15-11(16)10-9(12)5-3-6-14-10/h3,5-6,8H,2,4,7H2,1H3,(H,15,16). The third-order valence-electron chi connectivity index (χ3n) is 2.04. The minimum absolute atomic E-state index is 0.151. The van der Waals surface area contributed by atoms with Crippen LogP contribution in [0, 0.1) is 0 Å². The first-order valence-electron chi connectivity index (χ1n) is 5.14. The molecule has 88 valence electrons. The van der Waals surface area contributed by atoms with Gasteiger partial charge in [0.2, 0.25) is 0 Å². The highest BCUT2D eigenvalue weighted by Gasteiger charge is 2.09. The number of aromatic nitrogens is 1. The Kier molecular flexibility index (Phi) is 5.77. The van der Waals surface area contributed by atoms with E-state index in [1.807, 2.05) is 6.92 Å². The Hall–Kier alpha value is -0.610. The van der Waals surface area contributed by atoms with Crippen LogP contribution in [-0.2, 0) is 0 Å². The van der Waals surface area contributed by atoms with Crippen LogP contribution in [0.15, 0.2) is 22.8 Å². The van der Waals surface area contributed by atoms with Gasteiger partial charge in [0.15, 0.2) is 0 Å². The molecule has 1 unspecified atom stereocenters. The smallest absolute Gasteiger partial charge is 0.271 e. The van der Waals surface area contributed by atoms with E-state index >= 15 is 0 Å². The predicted octanol–water partition coefficient (Wildman–Crippen LogP) is 2.98. The lowest BCUT2D eigenvalue weighted by Crippen LogP contribution is -2.26. The van der Waals surface area contributed by atoms with Crippen LogP contribution in [0.4, 0.5) is 0 Å². The Morgan fingerprint density at radius 1 is 1.69 bits per heavy atom. The van der Waals surface area contributed by atoms with Crippen molar-refractivity contribution >= 4 is 33.4 Å². The van der Waals surface area contributed by atoms with Crippen LogP contribution in [0.1, 0.15) is 30.3 Å². The topological polar surface area (TPSA) is 42.0 Å². The first-order valence-corrected chi connectivity index (χ1v) is 6.37. The molecular weight excluding hydrogens is 291 g/mol. The summed E-state index contributed by atoms with van der Waals surface area (Å²) in [5.74, 6) is -0.158. The van der Waals surface area contributed by atoms with E-state index in [0.29, 0.717) is 16.7 Å². The molecule has 1 amide bonds. The molecule has 0 aliphatic carbocycles. The summed E-state index contributed by atoms with van der Waals surface area (Å²) >= 11 is 9.09. The Morgan fingerprint density at radius 3 is 3.06 bits per heavy atom. The largest absolute Gasteiger partial charge is 0.351 e. The van der Waals surface area contributed by atoms with Crippen molar-refractivity contribution in [3.63, 3.8) is 0 Å². The average Bonchev–Trinajstić information content (AvgIpc) is 2.24. The second-order valence-corrected chi connectivity index (χ2v) is 5.11. The minimum atomic E-state index is -0.158. The molecule has 3 nitrogen and oxygen atoms in total. The van der Waals surface area contributed by atoms with Crippen molar-refractivity contribution in [2.45, 2.75) is 25.1 Å². The molecule has 1 aromatic rings. The number of carbonyl (C=O) groups is 1. The highest BCUT2D eigenvalue weighted by molar-refractivity contribution is 9.10. The van der Waals surface area contributed by atoms with Gasteiger partial charge < -0.3 is 5.32 Å². The Morgan fingerprint density at radius 2 is 2.44 bits per heavy atom. The predicted molar refractivity (Wildman–Crippen MR) is 68.8 cm³/mol. The molecule has 16 heavy (non-hydrogen) atoms. The van der Waals surface area contributed by atoms with Crippen LogP contribution < -0.4 is 5.32 Å². The molecule has 1 rings (SSSR count). The second-order valence-electron chi connectivity index (χ2n) is 3.51. The maximum absolute atomic E-state index is 11.7. The molecule has 1 N–H and O–H groups in total. The van der Waals surface area contributed by atoms with E-state index < -0.39 is 0 Å². The van der Waals surface area contributed by atoms with Gasteiger partial charge >= 0.3 is 0 Å². The maximum Gasteiger partial charge on any atom is 0.271 e. The molecule has 0 spiro atoms. The number of nitrogens with zero attached hydrogens (tertiary/aromatic N) is 1. The van der Waals surface area contributed by atoms with Crippen molar-refractivity contribution in [1.82, 2.24) is 10.3 Å².